The largest absolute Gasteiger partial charge is 0.376 e. The van der Waals surface area contributed by atoms with Crippen LogP contribution in [-0.4, -0.2) is 37.2 Å². The van der Waals surface area contributed by atoms with Gasteiger partial charge in [0.2, 0.25) is 5.91 Å². The second-order valence-corrected chi connectivity index (χ2v) is 6.19. The topological polar surface area (TPSA) is 50.4 Å². The standard InChI is InChI=1S/C16H32N2O2/c1-5-7-13(4)20-11-12(3)18-16(19)15-9-14(8-6-2)10-17-15/h12-15,17H,5-11H2,1-4H3,(H,18,19)/t12-,13+,14-,15+/m1/s1. The van der Waals surface area contributed by atoms with Crippen LogP contribution in [0.5, 0.6) is 0 Å². The number of hydrogen-bond donors (Lipinski definition) is 2. The molecule has 0 aromatic carbocycles. The van der Waals surface area contributed by atoms with Crippen LogP contribution >= 0.6 is 0 Å². The third-order valence-corrected chi connectivity index (χ3v) is 3.95. The molecule has 4 atom stereocenters. The normalized spacial score (nSPS) is 25.4. The third-order valence-electron chi connectivity index (χ3n) is 3.95. The molecular formula is C16H32N2O2. The molecule has 1 saturated heterocycles. The van der Waals surface area contributed by atoms with Gasteiger partial charge in [-0.3, -0.25) is 4.79 Å². The van der Waals surface area contributed by atoms with Gasteiger partial charge in [-0.05, 0) is 45.6 Å². The number of nitrogens with one attached hydrogen (secondary N) is 2. The van der Waals surface area contributed by atoms with Gasteiger partial charge in [0, 0.05) is 6.04 Å². The summed E-state index contributed by atoms with van der Waals surface area (Å²) in [5.74, 6) is 0.787. The van der Waals surface area contributed by atoms with Crippen molar-refractivity contribution < 1.29 is 9.53 Å². The number of ether oxygens (including phenoxy) is 1. The van der Waals surface area contributed by atoms with Crippen LogP contribution in [-0.2, 0) is 9.53 Å². The summed E-state index contributed by atoms with van der Waals surface area (Å²) in [5, 5.41) is 6.38. The Hall–Kier alpha value is -0.610. The minimum Gasteiger partial charge on any atom is -0.376 e. The summed E-state index contributed by atoms with van der Waals surface area (Å²) in [7, 11) is 0. The highest BCUT2D eigenvalue weighted by Gasteiger charge is 2.29. The summed E-state index contributed by atoms with van der Waals surface area (Å²) in [6.45, 7) is 10.0. The van der Waals surface area contributed by atoms with Crippen molar-refractivity contribution in [3.8, 4) is 0 Å². The van der Waals surface area contributed by atoms with Crippen LogP contribution in [0.15, 0.2) is 0 Å². The van der Waals surface area contributed by atoms with Gasteiger partial charge in [-0.2, -0.15) is 0 Å². The summed E-state index contributed by atoms with van der Waals surface area (Å²) in [6, 6.07) is 0.0656. The molecule has 20 heavy (non-hydrogen) atoms. The first-order chi connectivity index (χ1) is 9.56. The molecule has 2 N–H and O–H groups in total. The maximum absolute atomic E-state index is 12.1. The Bertz CT molecular complexity index is 284. The lowest BCUT2D eigenvalue weighted by Crippen LogP contribution is -2.45. The van der Waals surface area contributed by atoms with Crippen molar-refractivity contribution in [3.05, 3.63) is 0 Å². The fourth-order valence-corrected chi connectivity index (χ4v) is 2.82. The molecule has 118 valence electrons. The van der Waals surface area contributed by atoms with Crippen LogP contribution in [0.4, 0.5) is 0 Å². The Labute approximate surface area is 124 Å². The smallest absolute Gasteiger partial charge is 0.237 e. The van der Waals surface area contributed by atoms with Crippen LogP contribution in [0.25, 0.3) is 0 Å². The van der Waals surface area contributed by atoms with Crippen molar-refractivity contribution in [2.24, 2.45) is 5.92 Å². The molecule has 4 nitrogen and oxygen atoms in total. The Kier molecular flexibility index (Phi) is 8.15. The molecule has 0 unspecified atom stereocenters. The average Bonchev–Trinajstić information content (AvgIpc) is 2.86. The molecule has 0 aliphatic carbocycles. The number of carbonyl (C=O) groups is 1. The summed E-state index contributed by atoms with van der Waals surface area (Å²) >= 11 is 0. The summed E-state index contributed by atoms with van der Waals surface area (Å²) in [6.07, 6.45) is 5.86. The van der Waals surface area contributed by atoms with Gasteiger partial charge >= 0.3 is 0 Å². The summed E-state index contributed by atoms with van der Waals surface area (Å²) < 4.78 is 5.73. The Morgan fingerprint density at radius 1 is 1.35 bits per heavy atom. The molecule has 1 aliphatic rings. The maximum Gasteiger partial charge on any atom is 0.237 e. The van der Waals surface area contributed by atoms with Crippen molar-refractivity contribution >= 4 is 5.91 Å². The van der Waals surface area contributed by atoms with Crippen LogP contribution < -0.4 is 10.6 Å². The van der Waals surface area contributed by atoms with Crippen molar-refractivity contribution in [1.82, 2.24) is 10.6 Å². The van der Waals surface area contributed by atoms with Crippen LogP contribution in [0.3, 0.4) is 0 Å². The number of hydrogen-bond acceptors (Lipinski definition) is 3. The van der Waals surface area contributed by atoms with E-state index in [4.69, 9.17) is 4.74 Å². The molecule has 0 spiro atoms. The van der Waals surface area contributed by atoms with E-state index in [-0.39, 0.29) is 24.1 Å². The molecule has 0 aromatic rings. The quantitative estimate of drug-likeness (QED) is 0.684. The van der Waals surface area contributed by atoms with E-state index in [1.165, 1.54) is 12.8 Å². The number of amides is 1. The molecule has 0 aromatic heterocycles. The van der Waals surface area contributed by atoms with Gasteiger partial charge in [-0.25, -0.2) is 0 Å². The molecule has 1 fully saturated rings. The van der Waals surface area contributed by atoms with Gasteiger partial charge in [0.05, 0.1) is 18.8 Å². The van der Waals surface area contributed by atoms with E-state index >= 15 is 0 Å². The number of carbonyl (C=O) groups excluding carboxylic acids is 1. The van der Waals surface area contributed by atoms with Crippen LogP contribution in [0.1, 0.15) is 59.8 Å². The SMILES string of the molecule is CCC[C@H]1CN[C@H](C(=O)N[C@H](C)CO[C@@H](C)CCC)C1. The molecule has 1 heterocycles. The number of rotatable bonds is 9. The van der Waals surface area contributed by atoms with E-state index in [0.717, 1.165) is 25.8 Å². The molecule has 1 rings (SSSR count). The monoisotopic (exact) mass is 284 g/mol. The van der Waals surface area contributed by atoms with E-state index in [0.29, 0.717) is 12.5 Å². The summed E-state index contributed by atoms with van der Waals surface area (Å²) in [4.78, 5) is 12.1. The van der Waals surface area contributed by atoms with Gasteiger partial charge in [0.25, 0.3) is 0 Å². The van der Waals surface area contributed by atoms with Gasteiger partial charge in [0.1, 0.15) is 0 Å². The van der Waals surface area contributed by atoms with Gasteiger partial charge in [-0.1, -0.05) is 26.7 Å². The van der Waals surface area contributed by atoms with Gasteiger partial charge < -0.3 is 15.4 Å². The molecule has 0 bridgehead atoms. The Morgan fingerprint density at radius 3 is 2.75 bits per heavy atom. The molecule has 0 radical (unpaired) electrons. The van der Waals surface area contributed by atoms with E-state index in [1.54, 1.807) is 0 Å². The predicted molar refractivity (Wildman–Crippen MR) is 82.7 cm³/mol. The summed E-state index contributed by atoms with van der Waals surface area (Å²) in [5.41, 5.74) is 0. The van der Waals surface area contributed by atoms with Crippen LogP contribution in [0, 0.1) is 5.92 Å². The van der Waals surface area contributed by atoms with Crippen LogP contribution in [0.2, 0.25) is 0 Å². The average molecular weight is 284 g/mol. The first-order valence-corrected chi connectivity index (χ1v) is 8.22. The lowest BCUT2D eigenvalue weighted by molar-refractivity contribution is -0.124. The van der Waals surface area contributed by atoms with Gasteiger partial charge in [-0.15, -0.1) is 0 Å². The Balaban J connectivity index is 2.21. The van der Waals surface area contributed by atoms with Crippen molar-refractivity contribution in [3.63, 3.8) is 0 Å². The van der Waals surface area contributed by atoms with Gasteiger partial charge in [0.15, 0.2) is 0 Å². The van der Waals surface area contributed by atoms with E-state index in [9.17, 15) is 4.79 Å². The molecule has 1 amide bonds. The first kappa shape index (κ1) is 17.4. The molecule has 4 heteroatoms. The second-order valence-electron chi connectivity index (χ2n) is 6.19. The van der Waals surface area contributed by atoms with Crippen molar-refractivity contribution in [2.45, 2.75) is 78.0 Å². The highest BCUT2D eigenvalue weighted by molar-refractivity contribution is 5.82. The fraction of sp³-hybridized carbons (Fsp3) is 0.938. The molecule has 1 aliphatic heterocycles. The lowest BCUT2D eigenvalue weighted by Gasteiger charge is -2.20. The van der Waals surface area contributed by atoms with E-state index in [2.05, 4.69) is 31.4 Å². The zero-order valence-electron chi connectivity index (χ0n) is 13.6. The first-order valence-electron chi connectivity index (χ1n) is 8.22. The minimum atomic E-state index is -0.0120. The zero-order valence-corrected chi connectivity index (χ0v) is 13.6. The third kappa shape index (κ3) is 6.23. The highest BCUT2D eigenvalue weighted by Crippen LogP contribution is 2.19. The fourth-order valence-electron chi connectivity index (χ4n) is 2.82. The zero-order chi connectivity index (χ0) is 15.0. The molecule has 0 saturated carbocycles. The van der Waals surface area contributed by atoms with E-state index in [1.807, 2.05) is 6.92 Å². The molecular weight excluding hydrogens is 252 g/mol. The minimum absolute atomic E-state index is 0.0120. The maximum atomic E-state index is 12.1. The highest BCUT2D eigenvalue weighted by atomic mass is 16.5. The second kappa shape index (κ2) is 9.35. The van der Waals surface area contributed by atoms with E-state index < -0.39 is 0 Å². The van der Waals surface area contributed by atoms with Crippen molar-refractivity contribution in [1.29, 1.82) is 0 Å². The lowest BCUT2D eigenvalue weighted by atomic mass is 10.00. The van der Waals surface area contributed by atoms with Crippen molar-refractivity contribution in [2.75, 3.05) is 13.2 Å². The predicted octanol–water partition coefficient (Wildman–Crippen LogP) is 2.47. The Morgan fingerprint density at radius 2 is 2.10 bits per heavy atom.